The predicted molar refractivity (Wildman–Crippen MR) is 95.9 cm³/mol. The maximum absolute atomic E-state index is 12.1. The minimum Gasteiger partial charge on any atom is -0.455 e. The van der Waals surface area contributed by atoms with Crippen LogP contribution in [0, 0.1) is 13.8 Å². The Morgan fingerprint density at radius 3 is 2.65 bits per heavy atom. The number of carbonyl (C=O) groups excluding carboxylic acids is 1. The molecular formula is C18H16ClN3O4. The van der Waals surface area contributed by atoms with Gasteiger partial charge in [0.2, 0.25) is 0 Å². The molecule has 8 heteroatoms. The largest absolute Gasteiger partial charge is 0.455 e. The van der Waals surface area contributed by atoms with Gasteiger partial charge in [-0.3, -0.25) is 9.32 Å². The van der Waals surface area contributed by atoms with Crippen molar-refractivity contribution in [2.75, 3.05) is 11.9 Å². The highest BCUT2D eigenvalue weighted by atomic mass is 35.5. The van der Waals surface area contributed by atoms with Crippen molar-refractivity contribution in [2.45, 2.75) is 13.8 Å². The smallest absolute Gasteiger partial charge is 0.417 e. The Morgan fingerprint density at radius 2 is 1.96 bits per heavy atom. The van der Waals surface area contributed by atoms with E-state index in [1.165, 1.54) is 0 Å². The van der Waals surface area contributed by atoms with Crippen molar-refractivity contribution in [3.05, 3.63) is 58.9 Å². The fourth-order valence-electron chi connectivity index (χ4n) is 2.07. The van der Waals surface area contributed by atoms with E-state index in [0.29, 0.717) is 28.0 Å². The molecule has 3 rings (SSSR count). The van der Waals surface area contributed by atoms with Crippen LogP contribution in [0.2, 0.25) is 5.02 Å². The third kappa shape index (κ3) is 4.73. The zero-order chi connectivity index (χ0) is 18.5. The number of nitrogens with zero attached hydrogens (tertiary/aromatic N) is 2. The van der Waals surface area contributed by atoms with Crippen molar-refractivity contribution in [1.29, 1.82) is 0 Å². The molecule has 0 radical (unpaired) electrons. The lowest BCUT2D eigenvalue weighted by Gasteiger charge is -2.13. The normalized spacial score (nSPS) is 10.4. The van der Waals surface area contributed by atoms with Crippen molar-refractivity contribution < 1.29 is 18.8 Å². The van der Waals surface area contributed by atoms with Crippen LogP contribution in [0.25, 0.3) is 0 Å². The quantitative estimate of drug-likeness (QED) is 0.698. The van der Waals surface area contributed by atoms with Crippen molar-refractivity contribution in [3.8, 4) is 17.6 Å². The third-order valence-corrected chi connectivity index (χ3v) is 3.54. The topological polar surface area (TPSA) is 86.5 Å². The summed E-state index contributed by atoms with van der Waals surface area (Å²) in [7, 11) is 0. The number of hydrogen-bond donors (Lipinski definition) is 1. The van der Waals surface area contributed by atoms with Crippen LogP contribution in [0.1, 0.15) is 11.4 Å². The minimum absolute atomic E-state index is 0.0696. The van der Waals surface area contributed by atoms with Gasteiger partial charge in [-0.2, -0.15) is 4.98 Å². The first-order valence-corrected chi connectivity index (χ1v) is 8.14. The molecule has 0 aliphatic rings. The van der Waals surface area contributed by atoms with Crippen LogP contribution >= 0.6 is 11.6 Å². The summed E-state index contributed by atoms with van der Waals surface area (Å²) in [6.07, 6.45) is -0.0696. The number of aromatic nitrogens is 2. The van der Waals surface area contributed by atoms with E-state index in [1.807, 2.05) is 31.2 Å². The molecule has 7 nitrogen and oxygen atoms in total. The number of nitrogens with one attached hydrogen (secondary N) is 1. The van der Waals surface area contributed by atoms with Gasteiger partial charge in [0.05, 0.1) is 5.69 Å². The summed E-state index contributed by atoms with van der Waals surface area (Å²) >= 11 is 6.03. The molecule has 1 heterocycles. The first-order valence-electron chi connectivity index (χ1n) is 7.76. The number of halogens is 1. The Labute approximate surface area is 154 Å². The molecule has 3 aromatic rings. The number of carbonyl (C=O) groups is 1. The fourth-order valence-corrected chi connectivity index (χ4v) is 2.24. The van der Waals surface area contributed by atoms with Crippen LogP contribution in [0.5, 0.6) is 17.6 Å². The number of aryl methyl sites for hydroxylation is 2. The summed E-state index contributed by atoms with van der Waals surface area (Å²) < 4.78 is 15.8. The maximum Gasteiger partial charge on any atom is 0.417 e. The van der Waals surface area contributed by atoms with Gasteiger partial charge < -0.3 is 14.8 Å². The molecule has 0 aliphatic carbocycles. The summed E-state index contributed by atoms with van der Waals surface area (Å²) in [6, 6.07) is 12.5. The van der Waals surface area contributed by atoms with Gasteiger partial charge >= 0.3 is 6.08 Å². The predicted octanol–water partition coefficient (Wildman–Crippen LogP) is 4.15. The van der Waals surface area contributed by atoms with E-state index < -0.39 is 5.91 Å². The molecule has 0 bridgehead atoms. The van der Waals surface area contributed by atoms with Crippen LogP contribution in [0.15, 0.2) is 47.0 Å². The zero-order valence-corrected chi connectivity index (χ0v) is 14.9. The van der Waals surface area contributed by atoms with Crippen molar-refractivity contribution in [2.24, 2.45) is 0 Å². The Balaban J connectivity index is 1.68. The summed E-state index contributed by atoms with van der Waals surface area (Å²) in [5.74, 6) is 1.10. The molecule has 0 saturated heterocycles. The van der Waals surface area contributed by atoms with E-state index in [9.17, 15) is 4.79 Å². The molecule has 1 N–H and O–H groups in total. The highest BCUT2D eigenvalue weighted by Gasteiger charge is 2.12. The molecule has 0 spiro atoms. The van der Waals surface area contributed by atoms with Crippen LogP contribution in [-0.4, -0.2) is 22.7 Å². The summed E-state index contributed by atoms with van der Waals surface area (Å²) in [5.41, 5.74) is 1.55. The molecule has 1 amide bonds. The van der Waals surface area contributed by atoms with Gasteiger partial charge in [0.25, 0.3) is 5.91 Å². The average Bonchev–Trinajstić information content (AvgIpc) is 3.03. The van der Waals surface area contributed by atoms with Gasteiger partial charge in [-0.25, -0.2) is 0 Å². The molecule has 0 saturated carbocycles. The number of hydrogen-bond acceptors (Lipinski definition) is 6. The monoisotopic (exact) mass is 373 g/mol. The number of anilines is 1. The number of benzene rings is 2. The number of amides is 1. The second-order valence-electron chi connectivity index (χ2n) is 5.50. The molecule has 26 heavy (non-hydrogen) atoms. The van der Waals surface area contributed by atoms with Crippen LogP contribution in [0.4, 0.5) is 5.69 Å². The van der Waals surface area contributed by atoms with Gasteiger partial charge in [-0.15, -0.1) is 0 Å². The van der Waals surface area contributed by atoms with Crippen molar-refractivity contribution >= 4 is 23.2 Å². The van der Waals surface area contributed by atoms with E-state index in [2.05, 4.69) is 15.5 Å². The Morgan fingerprint density at radius 1 is 1.19 bits per heavy atom. The Bertz CT molecular complexity index is 909. The minimum atomic E-state index is -0.420. The van der Waals surface area contributed by atoms with Crippen molar-refractivity contribution in [3.63, 3.8) is 0 Å². The maximum atomic E-state index is 12.1. The Hall–Kier alpha value is -3.06. The standard InChI is InChI=1S/C18H16ClN3O4/c1-11-3-6-14(7-4-11)25-16-8-5-13(19)9-15(16)21-17(23)10-24-18-20-12(2)22-26-18/h3-9H,10H2,1-2H3,(H,21,23). The molecule has 2 aromatic carbocycles. The fraction of sp³-hybridized carbons (Fsp3) is 0.167. The molecule has 0 unspecified atom stereocenters. The lowest BCUT2D eigenvalue weighted by molar-refractivity contribution is -0.118. The molecule has 0 fully saturated rings. The summed E-state index contributed by atoms with van der Waals surface area (Å²) in [4.78, 5) is 16.0. The van der Waals surface area contributed by atoms with E-state index in [1.54, 1.807) is 25.1 Å². The van der Waals surface area contributed by atoms with E-state index in [-0.39, 0.29) is 12.7 Å². The molecular weight excluding hydrogens is 358 g/mol. The highest BCUT2D eigenvalue weighted by molar-refractivity contribution is 6.31. The molecule has 0 aliphatic heterocycles. The summed E-state index contributed by atoms with van der Waals surface area (Å²) in [6.45, 7) is 3.35. The molecule has 134 valence electrons. The third-order valence-electron chi connectivity index (χ3n) is 3.30. The first kappa shape index (κ1) is 17.8. The van der Waals surface area contributed by atoms with Crippen LogP contribution < -0.4 is 14.8 Å². The zero-order valence-electron chi connectivity index (χ0n) is 14.2. The first-order chi connectivity index (χ1) is 12.5. The van der Waals surface area contributed by atoms with E-state index in [0.717, 1.165) is 5.56 Å². The number of ether oxygens (including phenoxy) is 2. The second kappa shape index (κ2) is 7.88. The van der Waals surface area contributed by atoms with E-state index >= 15 is 0 Å². The van der Waals surface area contributed by atoms with Gasteiger partial charge in [-0.05, 0) is 44.2 Å². The highest BCUT2D eigenvalue weighted by Crippen LogP contribution is 2.32. The van der Waals surface area contributed by atoms with Gasteiger partial charge in [0.15, 0.2) is 18.2 Å². The van der Waals surface area contributed by atoms with Crippen LogP contribution in [-0.2, 0) is 4.79 Å². The van der Waals surface area contributed by atoms with E-state index in [4.69, 9.17) is 25.6 Å². The molecule has 0 atom stereocenters. The van der Waals surface area contributed by atoms with Gasteiger partial charge in [0.1, 0.15) is 5.75 Å². The summed E-state index contributed by atoms with van der Waals surface area (Å²) in [5, 5.41) is 6.74. The number of rotatable bonds is 6. The average molecular weight is 374 g/mol. The van der Waals surface area contributed by atoms with Gasteiger partial charge in [0, 0.05) is 5.02 Å². The SMILES string of the molecule is Cc1ccc(Oc2ccc(Cl)cc2NC(=O)COc2nc(C)no2)cc1. The van der Waals surface area contributed by atoms with Crippen molar-refractivity contribution in [1.82, 2.24) is 10.1 Å². The Kier molecular flexibility index (Phi) is 5.38. The van der Waals surface area contributed by atoms with Gasteiger partial charge in [-0.1, -0.05) is 34.5 Å². The second-order valence-corrected chi connectivity index (χ2v) is 5.94. The lowest BCUT2D eigenvalue weighted by atomic mass is 10.2. The van der Waals surface area contributed by atoms with Crippen LogP contribution in [0.3, 0.4) is 0 Å². The lowest BCUT2D eigenvalue weighted by Crippen LogP contribution is -2.20. The molecule has 1 aromatic heterocycles.